The molecule has 0 spiro atoms. The third kappa shape index (κ3) is 5.29. The smallest absolute Gasteiger partial charge is 0.256 e. The molecule has 7 rings (SSSR count). The minimum absolute atomic E-state index is 0.0133. The summed E-state index contributed by atoms with van der Waals surface area (Å²) >= 11 is 0. The van der Waals surface area contributed by atoms with E-state index in [2.05, 4.69) is 172 Å². The molecule has 0 fully saturated rings. The topological polar surface area (TPSA) is 12.5 Å². The van der Waals surface area contributed by atoms with E-state index in [4.69, 9.17) is 4.74 Å². The van der Waals surface area contributed by atoms with Gasteiger partial charge in [0, 0.05) is 16.9 Å². The first-order valence-electron chi connectivity index (χ1n) is 17.1. The summed E-state index contributed by atoms with van der Waals surface area (Å²) in [5.74, 6) is 1.90. The largest absolute Gasteiger partial charge is 0.458 e. The van der Waals surface area contributed by atoms with E-state index in [0.717, 1.165) is 11.5 Å². The molecule has 0 saturated heterocycles. The Morgan fingerprint density at radius 3 is 1.74 bits per heavy atom. The molecule has 0 radical (unpaired) electrons. The van der Waals surface area contributed by atoms with E-state index in [1.807, 2.05) is 0 Å². The molecule has 0 aliphatic carbocycles. The Labute approximate surface area is 282 Å². The maximum absolute atomic E-state index is 6.77. The fourth-order valence-corrected chi connectivity index (χ4v) is 7.41. The van der Waals surface area contributed by atoms with Crippen LogP contribution in [0.1, 0.15) is 90.1 Å². The lowest BCUT2D eigenvalue weighted by atomic mass is 9.34. The Morgan fingerprint density at radius 2 is 1.11 bits per heavy atom. The van der Waals surface area contributed by atoms with Gasteiger partial charge in [0.15, 0.2) is 0 Å². The van der Waals surface area contributed by atoms with Crippen LogP contribution < -0.4 is 26.0 Å². The summed E-state index contributed by atoms with van der Waals surface area (Å²) in [6, 6.07) is 34.6. The molecule has 2 aliphatic heterocycles. The standard InChI is InChI=1S/C44H48BNO/c1-27-15-19-32(28(2)23-27)33-24-29(42(3,4)5)16-20-36(33)46-37-21-17-30(43(6,7)8)25-34(37)45-35-26-31(44(9,10)11)18-22-39(35)47-40-14-12-13-38(46)41(40)45/h12-26H,1-11H3. The van der Waals surface area contributed by atoms with E-state index in [1.54, 1.807) is 0 Å². The number of benzene rings is 5. The summed E-state index contributed by atoms with van der Waals surface area (Å²) < 4.78 is 6.77. The Hall–Kier alpha value is -4.24. The lowest BCUT2D eigenvalue weighted by Crippen LogP contribution is -2.59. The van der Waals surface area contributed by atoms with Crippen LogP contribution in [0.3, 0.4) is 0 Å². The van der Waals surface area contributed by atoms with Crippen LogP contribution in [0.2, 0.25) is 0 Å². The summed E-state index contributed by atoms with van der Waals surface area (Å²) in [4.78, 5) is 2.51. The second-order valence-corrected chi connectivity index (χ2v) is 16.9. The van der Waals surface area contributed by atoms with Crippen LogP contribution in [0.5, 0.6) is 11.5 Å². The molecule has 0 aromatic heterocycles. The predicted octanol–water partition coefficient (Wildman–Crippen LogP) is 10.3. The lowest BCUT2D eigenvalue weighted by Gasteiger charge is -2.41. The summed E-state index contributed by atoms with van der Waals surface area (Å²) in [5, 5.41) is 0. The van der Waals surface area contributed by atoms with Gasteiger partial charge in [-0.25, -0.2) is 0 Å². The van der Waals surface area contributed by atoms with Crippen molar-refractivity contribution in [2.45, 2.75) is 92.4 Å². The van der Waals surface area contributed by atoms with Crippen molar-refractivity contribution in [3.8, 4) is 22.6 Å². The molecule has 0 bridgehead atoms. The number of hydrogen-bond donors (Lipinski definition) is 0. The van der Waals surface area contributed by atoms with E-state index < -0.39 is 0 Å². The zero-order chi connectivity index (χ0) is 33.6. The second-order valence-electron chi connectivity index (χ2n) is 16.9. The van der Waals surface area contributed by atoms with Crippen molar-refractivity contribution in [1.82, 2.24) is 0 Å². The van der Waals surface area contributed by atoms with Gasteiger partial charge in [-0.05, 0) is 111 Å². The third-order valence-electron chi connectivity index (χ3n) is 10.2. The molecule has 0 saturated carbocycles. The fraction of sp³-hybridized carbons (Fsp3) is 0.318. The summed E-state index contributed by atoms with van der Waals surface area (Å²) in [7, 11) is 0. The minimum Gasteiger partial charge on any atom is -0.458 e. The first-order valence-corrected chi connectivity index (χ1v) is 17.1. The number of anilines is 3. The van der Waals surface area contributed by atoms with E-state index in [-0.39, 0.29) is 23.0 Å². The molecular weight excluding hydrogens is 569 g/mol. The Balaban J connectivity index is 1.56. The van der Waals surface area contributed by atoms with Gasteiger partial charge in [0.05, 0.1) is 5.69 Å². The van der Waals surface area contributed by atoms with E-state index in [0.29, 0.717) is 0 Å². The lowest BCUT2D eigenvalue weighted by molar-refractivity contribution is 0.486. The predicted molar refractivity (Wildman–Crippen MR) is 203 cm³/mol. The van der Waals surface area contributed by atoms with Crippen molar-refractivity contribution in [3.05, 3.63) is 119 Å². The van der Waals surface area contributed by atoms with Crippen molar-refractivity contribution in [2.75, 3.05) is 4.90 Å². The van der Waals surface area contributed by atoms with Crippen LogP contribution >= 0.6 is 0 Å². The first-order chi connectivity index (χ1) is 22.0. The maximum atomic E-state index is 6.77. The summed E-state index contributed by atoms with van der Waals surface area (Å²) in [5.41, 5.74) is 16.6. The molecular formula is C44H48BNO. The number of ether oxygens (including phenoxy) is 1. The molecule has 2 nitrogen and oxygen atoms in total. The van der Waals surface area contributed by atoms with Gasteiger partial charge >= 0.3 is 0 Å². The van der Waals surface area contributed by atoms with Crippen LogP contribution in [0.25, 0.3) is 11.1 Å². The van der Waals surface area contributed by atoms with Gasteiger partial charge in [-0.3, -0.25) is 0 Å². The average molecular weight is 618 g/mol. The van der Waals surface area contributed by atoms with Crippen molar-refractivity contribution in [1.29, 1.82) is 0 Å². The Kier molecular flexibility index (Phi) is 7.10. The van der Waals surface area contributed by atoms with Gasteiger partial charge in [0.25, 0.3) is 6.71 Å². The first kappa shape index (κ1) is 31.4. The molecule has 5 aromatic carbocycles. The number of hydrogen-bond acceptors (Lipinski definition) is 2. The molecule has 47 heavy (non-hydrogen) atoms. The van der Waals surface area contributed by atoms with Crippen LogP contribution in [-0.2, 0) is 16.2 Å². The van der Waals surface area contributed by atoms with Gasteiger partial charge in [-0.1, -0.05) is 122 Å². The average Bonchev–Trinajstić information content (AvgIpc) is 2.99. The minimum atomic E-state index is 0.0133. The number of fused-ring (bicyclic) bond motifs is 4. The highest BCUT2D eigenvalue weighted by Gasteiger charge is 2.43. The maximum Gasteiger partial charge on any atom is 0.256 e. The Bertz CT molecular complexity index is 2050. The second kappa shape index (κ2) is 10.6. The fourth-order valence-electron chi connectivity index (χ4n) is 7.41. The van der Waals surface area contributed by atoms with Gasteiger partial charge in [-0.2, -0.15) is 0 Å². The van der Waals surface area contributed by atoms with Crippen LogP contribution in [-0.4, -0.2) is 6.71 Å². The van der Waals surface area contributed by atoms with E-state index >= 15 is 0 Å². The van der Waals surface area contributed by atoms with Crippen molar-refractivity contribution in [2.24, 2.45) is 0 Å². The molecule has 0 amide bonds. The molecule has 238 valence electrons. The van der Waals surface area contributed by atoms with E-state index in [9.17, 15) is 0 Å². The van der Waals surface area contributed by atoms with Crippen molar-refractivity contribution < 1.29 is 4.74 Å². The van der Waals surface area contributed by atoms with Gasteiger partial charge in [-0.15, -0.1) is 0 Å². The monoisotopic (exact) mass is 617 g/mol. The molecule has 0 N–H and O–H groups in total. The highest BCUT2D eigenvalue weighted by atomic mass is 16.5. The van der Waals surface area contributed by atoms with Crippen LogP contribution in [0.4, 0.5) is 17.1 Å². The molecule has 0 atom stereocenters. The van der Waals surface area contributed by atoms with Gasteiger partial charge < -0.3 is 9.64 Å². The summed E-state index contributed by atoms with van der Waals surface area (Å²) in [6.45, 7) is 25.2. The molecule has 2 heterocycles. The highest BCUT2D eigenvalue weighted by molar-refractivity contribution is 6.99. The van der Waals surface area contributed by atoms with Crippen LogP contribution in [0.15, 0.2) is 91.0 Å². The highest BCUT2D eigenvalue weighted by Crippen LogP contribution is 2.46. The van der Waals surface area contributed by atoms with Crippen LogP contribution in [0, 0.1) is 13.8 Å². The Morgan fingerprint density at radius 1 is 0.511 bits per heavy atom. The SMILES string of the molecule is Cc1ccc(-c2cc(C(C)(C)C)ccc2N2c3ccc(C(C)(C)C)cc3B3c4cc(C(C)(C)C)ccc4Oc4cccc2c43)c(C)c1. The number of aryl methyl sites for hydroxylation is 2. The molecule has 2 aliphatic rings. The quantitative estimate of drug-likeness (QED) is 0.179. The zero-order valence-electron chi connectivity index (χ0n) is 30.1. The third-order valence-corrected chi connectivity index (χ3v) is 10.2. The zero-order valence-corrected chi connectivity index (χ0v) is 30.1. The van der Waals surface area contributed by atoms with Gasteiger partial charge in [0.2, 0.25) is 0 Å². The van der Waals surface area contributed by atoms with Gasteiger partial charge in [0.1, 0.15) is 11.5 Å². The number of nitrogens with zero attached hydrogens (tertiary/aromatic N) is 1. The van der Waals surface area contributed by atoms with E-state index in [1.165, 1.54) is 72.4 Å². The number of rotatable bonds is 2. The summed E-state index contributed by atoms with van der Waals surface area (Å²) in [6.07, 6.45) is 0. The molecule has 3 heteroatoms. The normalized spacial score (nSPS) is 13.9. The molecule has 5 aromatic rings. The van der Waals surface area contributed by atoms with Crippen molar-refractivity contribution in [3.63, 3.8) is 0 Å². The molecule has 0 unspecified atom stereocenters. The van der Waals surface area contributed by atoms with Crippen molar-refractivity contribution >= 4 is 40.2 Å².